The number of nitrogens with one attached hydrogen (secondary N) is 2. The zero-order chi connectivity index (χ0) is 14.6. The quantitative estimate of drug-likeness (QED) is 0.725. The van der Waals surface area contributed by atoms with Crippen LogP contribution in [0, 0.1) is 13.8 Å². The summed E-state index contributed by atoms with van der Waals surface area (Å²) in [4.78, 5) is 11.4. The number of nitrogen functional groups attached to an aromatic ring is 1. The van der Waals surface area contributed by atoms with Gasteiger partial charge in [0, 0.05) is 12.2 Å². The van der Waals surface area contributed by atoms with Crippen molar-refractivity contribution in [2.75, 3.05) is 12.3 Å². The molecular formula is C12H19N3O3S. The smallest absolute Gasteiger partial charge is 0.328 e. The van der Waals surface area contributed by atoms with E-state index in [1.165, 1.54) is 12.1 Å². The third-order valence-electron chi connectivity index (χ3n) is 2.75. The van der Waals surface area contributed by atoms with Gasteiger partial charge in [0.15, 0.2) is 0 Å². The van der Waals surface area contributed by atoms with Crippen molar-refractivity contribution >= 4 is 21.7 Å². The summed E-state index contributed by atoms with van der Waals surface area (Å²) in [7, 11) is -3.89. The van der Waals surface area contributed by atoms with E-state index in [2.05, 4.69) is 5.32 Å². The summed E-state index contributed by atoms with van der Waals surface area (Å²) in [6, 6.07) is 2.09. The van der Waals surface area contributed by atoms with Crippen LogP contribution in [-0.2, 0) is 10.0 Å². The summed E-state index contributed by atoms with van der Waals surface area (Å²) in [5, 5.41) is 2.44. The Morgan fingerprint density at radius 2 is 1.95 bits per heavy atom. The Morgan fingerprint density at radius 3 is 2.47 bits per heavy atom. The van der Waals surface area contributed by atoms with Gasteiger partial charge in [-0.1, -0.05) is 6.92 Å². The molecule has 0 saturated carbocycles. The molecule has 0 unspecified atom stereocenters. The van der Waals surface area contributed by atoms with Gasteiger partial charge in [0.1, 0.15) is 0 Å². The molecule has 7 heteroatoms. The molecule has 0 radical (unpaired) electrons. The molecule has 0 atom stereocenters. The molecule has 106 valence electrons. The average molecular weight is 285 g/mol. The molecule has 0 aliphatic heterocycles. The van der Waals surface area contributed by atoms with E-state index in [-0.39, 0.29) is 4.90 Å². The Bertz CT molecular complexity index is 559. The van der Waals surface area contributed by atoms with Gasteiger partial charge >= 0.3 is 6.03 Å². The molecule has 0 spiro atoms. The molecule has 1 rings (SSSR count). The van der Waals surface area contributed by atoms with Crippen LogP contribution >= 0.6 is 0 Å². The first-order valence-corrected chi connectivity index (χ1v) is 7.43. The van der Waals surface area contributed by atoms with Crippen molar-refractivity contribution < 1.29 is 13.2 Å². The molecule has 19 heavy (non-hydrogen) atoms. The van der Waals surface area contributed by atoms with Crippen LogP contribution in [0.1, 0.15) is 24.5 Å². The van der Waals surface area contributed by atoms with Gasteiger partial charge in [0.05, 0.1) is 4.90 Å². The first-order valence-electron chi connectivity index (χ1n) is 5.95. The van der Waals surface area contributed by atoms with Crippen molar-refractivity contribution in [3.63, 3.8) is 0 Å². The fourth-order valence-electron chi connectivity index (χ4n) is 1.46. The number of amides is 2. The fourth-order valence-corrected chi connectivity index (χ4v) is 2.51. The molecule has 0 bridgehead atoms. The van der Waals surface area contributed by atoms with E-state index < -0.39 is 16.1 Å². The van der Waals surface area contributed by atoms with E-state index in [0.29, 0.717) is 12.2 Å². The van der Waals surface area contributed by atoms with Crippen molar-refractivity contribution in [2.45, 2.75) is 32.1 Å². The zero-order valence-electron chi connectivity index (χ0n) is 11.3. The van der Waals surface area contributed by atoms with Gasteiger partial charge in [-0.2, -0.15) is 0 Å². The maximum atomic E-state index is 12.0. The summed E-state index contributed by atoms with van der Waals surface area (Å²) in [6.45, 7) is 5.86. The SMILES string of the molecule is CCCNC(=O)NS(=O)(=O)c1cc(C)c(C)c(N)c1. The average Bonchev–Trinajstić information content (AvgIpc) is 2.32. The minimum absolute atomic E-state index is 0.0141. The summed E-state index contributed by atoms with van der Waals surface area (Å²) in [6.07, 6.45) is 0.726. The number of aryl methyl sites for hydroxylation is 1. The lowest BCUT2D eigenvalue weighted by atomic mass is 10.1. The highest BCUT2D eigenvalue weighted by atomic mass is 32.2. The van der Waals surface area contributed by atoms with Crippen LogP contribution in [0.3, 0.4) is 0 Å². The summed E-state index contributed by atoms with van der Waals surface area (Å²) in [5.41, 5.74) is 7.71. The number of rotatable bonds is 4. The highest BCUT2D eigenvalue weighted by molar-refractivity contribution is 7.90. The molecule has 0 aromatic heterocycles. The summed E-state index contributed by atoms with van der Waals surface area (Å²) < 4.78 is 25.9. The van der Waals surface area contributed by atoms with Crippen LogP contribution in [0.2, 0.25) is 0 Å². The largest absolute Gasteiger partial charge is 0.398 e. The van der Waals surface area contributed by atoms with Gasteiger partial charge in [-0.05, 0) is 43.5 Å². The zero-order valence-corrected chi connectivity index (χ0v) is 12.1. The second kappa shape index (κ2) is 5.92. The maximum Gasteiger partial charge on any atom is 0.328 e. The molecule has 0 fully saturated rings. The van der Waals surface area contributed by atoms with E-state index in [0.717, 1.165) is 17.5 Å². The normalized spacial score (nSPS) is 11.1. The predicted octanol–water partition coefficient (Wildman–Crippen LogP) is 1.28. The summed E-state index contributed by atoms with van der Waals surface area (Å²) in [5.74, 6) is 0. The van der Waals surface area contributed by atoms with Crippen LogP contribution in [-0.4, -0.2) is 21.0 Å². The number of benzene rings is 1. The third kappa shape index (κ3) is 3.85. The highest BCUT2D eigenvalue weighted by Crippen LogP contribution is 2.21. The lowest BCUT2D eigenvalue weighted by Gasteiger charge is -2.11. The molecule has 1 aromatic rings. The number of hydrogen-bond acceptors (Lipinski definition) is 4. The van der Waals surface area contributed by atoms with Gasteiger partial charge in [-0.3, -0.25) is 0 Å². The van der Waals surface area contributed by atoms with Crippen LogP contribution in [0.5, 0.6) is 0 Å². The van der Waals surface area contributed by atoms with Crippen LogP contribution < -0.4 is 15.8 Å². The molecular weight excluding hydrogens is 266 g/mol. The van der Waals surface area contributed by atoms with E-state index in [1.807, 2.05) is 18.6 Å². The van der Waals surface area contributed by atoms with E-state index in [1.54, 1.807) is 6.92 Å². The van der Waals surface area contributed by atoms with Crippen molar-refractivity contribution in [1.82, 2.24) is 10.0 Å². The Morgan fingerprint density at radius 1 is 1.32 bits per heavy atom. The monoisotopic (exact) mass is 285 g/mol. The van der Waals surface area contributed by atoms with Crippen LogP contribution in [0.4, 0.5) is 10.5 Å². The van der Waals surface area contributed by atoms with Gasteiger partial charge < -0.3 is 11.1 Å². The maximum absolute atomic E-state index is 12.0. The Hall–Kier alpha value is -1.76. The summed E-state index contributed by atoms with van der Waals surface area (Å²) >= 11 is 0. The molecule has 6 nitrogen and oxygen atoms in total. The number of hydrogen-bond donors (Lipinski definition) is 3. The number of anilines is 1. The second-order valence-electron chi connectivity index (χ2n) is 4.32. The van der Waals surface area contributed by atoms with E-state index in [4.69, 9.17) is 5.73 Å². The number of carbonyl (C=O) groups is 1. The third-order valence-corrected chi connectivity index (χ3v) is 4.06. The topological polar surface area (TPSA) is 101 Å². The number of carbonyl (C=O) groups excluding carboxylic acids is 1. The van der Waals surface area contributed by atoms with Crippen molar-refractivity contribution in [3.8, 4) is 0 Å². The first kappa shape index (κ1) is 15.3. The lowest BCUT2D eigenvalue weighted by Crippen LogP contribution is -2.39. The minimum Gasteiger partial charge on any atom is -0.398 e. The molecule has 0 aliphatic rings. The Kier molecular flexibility index (Phi) is 4.77. The van der Waals surface area contributed by atoms with Gasteiger partial charge in [-0.15, -0.1) is 0 Å². The number of urea groups is 1. The predicted molar refractivity (Wildman–Crippen MR) is 74.3 cm³/mol. The lowest BCUT2D eigenvalue weighted by molar-refractivity contribution is 0.246. The van der Waals surface area contributed by atoms with Crippen LogP contribution in [0.15, 0.2) is 17.0 Å². The minimum atomic E-state index is -3.89. The Balaban J connectivity index is 2.98. The fraction of sp³-hybridized carbons (Fsp3) is 0.417. The first-order chi connectivity index (χ1) is 8.77. The highest BCUT2D eigenvalue weighted by Gasteiger charge is 2.18. The molecule has 0 saturated heterocycles. The van der Waals surface area contributed by atoms with Crippen molar-refractivity contribution in [2.24, 2.45) is 0 Å². The molecule has 2 amide bonds. The molecule has 0 heterocycles. The molecule has 4 N–H and O–H groups in total. The van der Waals surface area contributed by atoms with Crippen LogP contribution in [0.25, 0.3) is 0 Å². The second-order valence-corrected chi connectivity index (χ2v) is 6.00. The van der Waals surface area contributed by atoms with E-state index in [9.17, 15) is 13.2 Å². The van der Waals surface area contributed by atoms with Gasteiger partial charge in [0.25, 0.3) is 10.0 Å². The standard InChI is InChI=1S/C12H19N3O3S/c1-4-5-14-12(16)15-19(17,18)10-6-8(2)9(3)11(13)7-10/h6-7H,4-5,13H2,1-3H3,(H2,14,15,16). The van der Waals surface area contributed by atoms with Crippen molar-refractivity contribution in [1.29, 1.82) is 0 Å². The van der Waals surface area contributed by atoms with Gasteiger partial charge in [-0.25, -0.2) is 17.9 Å². The number of nitrogens with two attached hydrogens (primary N) is 1. The van der Waals surface area contributed by atoms with Gasteiger partial charge in [0.2, 0.25) is 0 Å². The number of sulfonamides is 1. The Labute approximate surface area is 113 Å². The van der Waals surface area contributed by atoms with Crippen molar-refractivity contribution in [3.05, 3.63) is 23.3 Å². The van der Waals surface area contributed by atoms with E-state index >= 15 is 0 Å². The molecule has 0 aliphatic carbocycles. The molecule has 1 aromatic carbocycles.